The van der Waals surface area contributed by atoms with Crippen LogP contribution in [0.1, 0.15) is 57.0 Å². The molecule has 2 rings (SSSR count). The average Bonchev–Trinajstić information content (AvgIpc) is 2.71. The van der Waals surface area contributed by atoms with E-state index in [2.05, 4.69) is 41.4 Å². The van der Waals surface area contributed by atoms with Crippen molar-refractivity contribution >= 4 is 28.4 Å². The summed E-state index contributed by atoms with van der Waals surface area (Å²) in [6, 6.07) is 0. The van der Waals surface area contributed by atoms with Crippen molar-refractivity contribution in [2.75, 3.05) is 5.73 Å². The number of rotatable bonds is 3. The Kier molecular flexibility index (Phi) is 4.22. The SMILES string of the molecule is CCCc1nc(C2CCC(C)C2)nc(N)c1I. The molecular formula is C13H20IN3. The van der Waals surface area contributed by atoms with Crippen LogP contribution >= 0.6 is 22.6 Å². The molecule has 94 valence electrons. The van der Waals surface area contributed by atoms with Gasteiger partial charge < -0.3 is 5.73 Å². The van der Waals surface area contributed by atoms with Gasteiger partial charge in [0.25, 0.3) is 0 Å². The van der Waals surface area contributed by atoms with Gasteiger partial charge >= 0.3 is 0 Å². The van der Waals surface area contributed by atoms with E-state index in [1.165, 1.54) is 19.3 Å². The smallest absolute Gasteiger partial charge is 0.140 e. The van der Waals surface area contributed by atoms with Crippen LogP contribution in [-0.2, 0) is 6.42 Å². The largest absolute Gasteiger partial charge is 0.383 e. The van der Waals surface area contributed by atoms with Gasteiger partial charge in [0.1, 0.15) is 11.6 Å². The Morgan fingerprint density at radius 3 is 2.71 bits per heavy atom. The minimum absolute atomic E-state index is 0.528. The third kappa shape index (κ3) is 2.89. The highest BCUT2D eigenvalue weighted by Crippen LogP contribution is 2.37. The fraction of sp³-hybridized carbons (Fsp3) is 0.692. The number of hydrogen-bond donors (Lipinski definition) is 1. The van der Waals surface area contributed by atoms with Crippen molar-refractivity contribution in [1.82, 2.24) is 9.97 Å². The Morgan fingerprint density at radius 2 is 2.12 bits per heavy atom. The molecule has 0 aliphatic heterocycles. The van der Waals surface area contributed by atoms with Gasteiger partial charge in [0.2, 0.25) is 0 Å². The summed E-state index contributed by atoms with van der Waals surface area (Å²) >= 11 is 2.26. The molecule has 1 heterocycles. The summed E-state index contributed by atoms with van der Waals surface area (Å²) in [4.78, 5) is 9.23. The highest BCUT2D eigenvalue weighted by atomic mass is 127. The Labute approximate surface area is 117 Å². The van der Waals surface area contributed by atoms with Gasteiger partial charge in [-0.15, -0.1) is 0 Å². The number of aromatic nitrogens is 2. The Bertz CT molecular complexity index is 406. The van der Waals surface area contributed by atoms with E-state index >= 15 is 0 Å². The maximum absolute atomic E-state index is 6.00. The first-order chi connectivity index (χ1) is 8.11. The van der Waals surface area contributed by atoms with E-state index in [4.69, 9.17) is 10.7 Å². The molecule has 2 N–H and O–H groups in total. The van der Waals surface area contributed by atoms with Crippen LogP contribution in [0.5, 0.6) is 0 Å². The first-order valence-electron chi connectivity index (χ1n) is 6.43. The third-order valence-corrected chi connectivity index (χ3v) is 4.68. The summed E-state index contributed by atoms with van der Waals surface area (Å²) in [7, 11) is 0. The zero-order valence-electron chi connectivity index (χ0n) is 10.5. The second kappa shape index (κ2) is 5.50. The monoisotopic (exact) mass is 345 g/mol. The standard InChI is InChI=1S/C13H20IN3/c1-3-4-10-11(14)12(15)17-13(16-10)9-6-5-8(2)7-9/h8-9H,3-7H2,1-2H3,(H2,15,16,17). The van der Waals surface area contributed by atoms with Crippen LogP contribution in [0.2, 0.25) is 0 Å². The summed E-state index contributed by atoms with van der Waals surface area (Å²) in [6.07, 6.45) is 5.83. The fourth-order valence-corrected chi connectivity index (χ4v) is 3.07. The first kappa shape index (κ1) is 13.1. The summed E-state index contributed by atoms with van der Waals surface area (Å²) < 4.78 is 1.04. The van der Waals surface area contributed by atoms with Gasteiger partial charge in [0.05, 0.1) is 9.26 Å². The quantitative estimate of drug-likeness (QED) is 0.853. The minimum Gasteiger partial charge on any atom is -0.383 e. The first-order valence-corrected chi connectivity index (χ1v) is 7.51. The number of anilines is 1. The molecular weight excluding hydrogens is 325 g/mol. The van der Waals surface area contributed by atoms with Crippen LogP contribution in [0, 0.1) is 9.49 Å². The highest BCUT2D eigenvalue weighted by molar-refractivity contribution is 14.1. The van der Waals surface area contributed by atoms with Crippen LogP contribution in [0.4, 0.5) is 5.82 Å². The highest BCUT2D eigenvalue weighted by Gasteiger charge is 2.26. The van der Waals surface area contributed by atoms with Crippen molar-refractivity contribution in [3.63, 3.8) is 0 Å². The van der Waals surface area contributed by atoms with Crippen LogP contribution in [-0.4, -0.2) is 9.97 Å². The van der Waals surface area contributed by atoms with E-state index in [0.717, 1.165) is 33.8 Å². The van der Waals surface area contributed by atoms with E-state index in [1.807, 2.05) is 0 Å². The van der Waals surface area contributed by atoms with Crippen molar-refractivity contribution in [1.29, 1.82) is 0 Å². The van der Waals surface area contributed by atoms with Gasteiger partial charge in [-0.2, -0.15) is 0 Å². The fourth-order valence-electron chi connectivity index (χ4n) is 2.56. The van der Waals surface area contributed by atoms with E-state index in [-0.39, 0.29) is 0 Å². The number of hydrogen-bond acceptors (Lipinski definition) is 3. The molecule has 1 aromatic heterocycles. The van der Waals surface area contributed by atoms with Gasteiger partial charge in [0.15, 0.2) is 0 Å². The number of nitrogen functional groups attached to an aromatic ring is 1. The lowest BCUT2D eigenvalue weighted by atomic mass is 10.1. The Hall–Kier alpha value is -0.390. The topological polar surface area (TPSA) is 51.8 Å². The van der Waals surface area contributed by atoms with Crippen molar-refractivity contribution in [3.05, 3.63) is 15.1 Å². The second-order valence-electron chi connectivity index (χ2n) is 5.09. The molecule has 1 aliphatic rings. The molecule has 1 fully saturated rings. The van der Waals surface area contributed by atoms with Crippen LogP contribution in [0.25, 0.3) is 0 Å². The normalized spacial score (nSPS) is 24.2. The van der Waals surface area contributed by atoms with Gasteiger partial charge in [-0.3, -0.25) is 0 Å². The molecule has 0 bridgehead atoms. The maximum Gasteiger partial charge on any atom is 0.140 e. The number of nitrogens with two attached hydrogens (primary N) is 1. The molecule has 1 saturated carbocycles. The van der Waals surface area contributed by atoms with E-state index < -0.39 is 0 Å². The molecule has 0 amide bonds. The summed E-state index contributed by atoms with van der Waals surface area (Å²) in [5.41, 5.74) is 7.13. The molecule has 1 aromatic rings. The lowest BCUT2D eigenvalue weighted by molar-refractivity contribution is 0.583. The minimum atomic E-state index is 0.528. The number of halogens is 1. The molecule has 0 aromatic carbocycles. The number of nitrogens with zero attached hydrogens (tertiary/aromatic N) is 2. The lowest BCUT2D eigenvalue weighted by Crippen LogP contribution is -2.10. The van der Waals surface area contributed by atoms with E-state index in [9.17, 15) is 0 Å². The van der Waals surface area contributed by atoms with Crippen molar-refractivity contribution in [3.8, 4) is 0 Å². The van der Waals surface area contributed by atoms with Crippen LogP contribution in [0.3, 0.4) is 0 Å². The molecule has 2 unspecified atom stereocenters. The molecule has 17 heavy (non-hydrogen) atoms. The summed E-state index contributed by atoms with van der Waals surface area (Å²) in [5.74, 6) is 2.98. The predicted octanol–water partition coefficient (Wildman–Crippen LogP) is 3.52. The van der Waals surface area contributed by atoms with Gasteiger partial charge in [-0.05, 0) is 54.2 Å². The molecule has 0 spiro atoms. The summed E-state index contributed by atoms with van der Waals surface area (Å²) in [5, 5.41) is 0. The molecule has 0 saturated heterocycles. The predicted molar refractivity (Wildman–Crippen MR) is 78.9 cm³/mol. The van der Waals surface area contributed by atoms with E-state index in [0.29, 0.717) is 11.7 Å². The summed E-state index contributed by atoms with van der Waals surface area (Å²) in [6.45, 7) is 4.48. The molecule has 4 heteroatoms. The zero-order chi connectivity index (χ0) is 12.4. The van der Waals surface area contributed by atoms with Crippen LogP contribution in [0.15, 0.2) is 0 Å². The molecule has 0 radical (unpaired) electrons. The number of aryl methyl sites for hydroxylation is 1. The van der Waals surface area contributed by atoms with Gasteiger partial charge in [-0.1, -0.05) is 20.3 Å². The van der Waals surface area contributed by atoms with Crippen LogP contribution < -0.4 is 5.73 Å². The molecule has 3 nitrogen and oxygen atoms in total. The van der Waals surface area contributed by atoms with Gasteiger partial charge in [-0.25, -0.2) is 9.97 Å². The molecule has 2 atom stereocenters. The second-order valence-corrected chi connectivity index (χ2v) is 6.17. The van der Waals surface area contributed by atoms with Crippen molar-refractivity contribution in [2.45, 2.75) is 51.9 Å². The third-order valence-electron chi connectivity index (χ3n) is 3.51. The zero-order valence-corrected chi connectivity index (χ0v) is 12.7. The van der Waals surface area contributed by atoms with Crippen molar-refractivity contribution in [2.24, 2.45) is 5.92 Å². The van der Waals surface area contributed by atoms with Crippen molar-refractivity contribution < 1.29 is 0 Å². The van der Waals surface area contributed by atoms with E-state index in [1.54, 1.807) is 0 Å². The molecule has 1 aliphatic carbocycles. The Morgan fingerprint density at radius 1 is 1.35 bits per heavy atom. The maximum atomic E-state index is 6.00. The Balaban J connectivity index is 2.28. The average molecular weight is 345 g/mol. The lowest BCUT2D eigenvalue weighted by Gasteiger charge is -2.12. The van der Waals surface area contributed by atoms with Gasteiger partial charge in [0, 0.05) is 5.92 Å².